The van der Waals surface area contributed by atoms with E-state index in [1.807, 2.05) is 33.2 Å². The van der Waals surface area contributed by atoms with Gasteiger partial charge in [0, 0.05) is 19.1 Å². The average molecular weight is 276 g/mol. The van der Waals surface area contributed by atoms with E-state index in [9.17, 15) is 8.42 Å². The van der Waals surface area contributed by atoms with Crippen LogP contribution in [0.5, 0.6) is 0 Å². The Morgan fingerprint density at radius 2 is 2.12 bits per heavy atom. The summed E-state index contributed by atoms with van der Waals surface area (Å²) in [6.45, 7) is 6.84. The molecule has 0 saturated heterocycles. The quantitative estimate of drug-likeness (QED) is 0.863. The molecule has 0 aliphatic heterocycles. The zero-order chi connectivity index (χ0) is 13.1. The van der Waals surface area contributed by atoms with Gasteiger partial charge in [0.15, 0.2) is 0 Å². The number of thiophene rings is 1. The lowest BCUT2D eigenvalue weighted by atomic mass is 10.3. The van der Waals surface area contributed by atoms with Crippen LogP contribution < -0.4 is 5.32 Å². The van der Waals surface area contributed by atoms with Crippen molar-refractivity contribution in [3.63, 3.8) is 0 Å². The molecule has 0 unspecified atom stereocenters. The highest BCUT2D eigenvalue weighted by Gasteiger charge is 2.26. The number of hydrogen-bond donors (Lipinski definition) is 1. The molecule has 0 radical (unpaired) electrons. The molecule has 1 heterocycles. The first-order chi connectivity index (χ1) is 7.93. The highest BCUT2D eigenvalue weighted by Crippen LogP contribution is 2.25. The fraction of sp³-hybridized carbons (Fsp3) is 0.636. The second-order valence-corrected chi connectivity index (χ2v) is 7.14. The van der Waals surface area contributed by atoms with E-state index in [1.54, 1.807) is 6.07 Å². The second kappa shape index (κ2) is 5.95. The van der Waals surface area contributed by atoms with Gasteiger partial charge in [-0.1, -0.05) is 6.92 Å². The Morgan fingerprint density at radius 3 is 2.59 bits per heavy atom. The Kier molecular flexibility index (Phi) is 5.12. The summed E-state index contributed by atoms with van der Waals surface area (Å²) in [5.41, 5.74) is 1.01. The van der Waals surface area contributed by atoms with Crippen molar-refractivity contribution in [1.82, 2.24) is 9.62 Å². The fourth-order valence-corrected chi connectivity index (χ4v) is 4.70. The minimum absolute atomic E-state index is 0.0140. The van der Waals surface area contributed by atoms with Crippen LogP contribution in [0.3, 0.4) is 0 Å². The monoisotopic (exact) mass is 276 g/mol. The van der Waals surface area contributed by atoms with E-state index in [4.69, 9.17) is 0 Å². The molecule has 0 aliphatic rings. The number of nitrogens with zero attached hydrogens (tertiary/aromatic N) is 1. The summed E-state index contributed by atoms with van der Waals surface area (Å²) in [5, 5.41) is 4.90. The van der Waals surface area contributed by atoms with Crippen molar-refractivity contribution in [3.8, 4) is 0 Å². The molecule has 0 spiro atoms. The van der Waals surface area contributed by atoms with Gasteiger partial charge in [-0.3, -0.25) is 0 Å². The van der Waals surface area contributed by atoms with Gasteiger partial charge in [-0.15, -0.1) is 11.3 Å². The largest absolute Gasteiger partial charge is 0.316 e. The van der Waals surface area contributed by atoms with Gasteiger partial charge in [0.25, 0.3) is 10.0 Å². The molecule has 6 heteroatoms. The molecular formula is C11H20N2O2S2. The van der Waals surface area contributed by atoms with Crippen LogP contribution in [-0.2, 0) is 16.6 Å². The van der Waals surface area contributed by atoms with Gasteiger partial charge in [-0.2, -0.15) is 4.31 Å². The van der Waals surface area contributed by atoms with Crippen LogP contribution in [0.1, 0.15) is 26.3 Å². The molecule has 17 heavy (non-hydrogen) atoms. The van der Waals surface area contributed by atoms with Crippen LogP contribution in [0.15, 0.2) is 15.7 Å². The number of hydrogen-bond acceptors (Lipinski definition) is 4. The third-order valence-electron chi connectivity index (χ3n) is 2.46. The Hall–Kier alpha value is -0.430. The first kappa shape index (κ1) is 14.6. The summed E-state index contributed by atoms with van der Waals surface area (Å²) < 4.78 is 26.6. The van der Waals surface area contributed by atoms with Crippen molar-refractivity contribution >= 4 is 21.4 Å². The average Bonchev–Trinajstić information content (AvgIpc) is 2.67. The minimum atomic E-state index is -3.32. The number of rotatable bonds is 6. The molecule has 1 aromatic heterocycles. The van der Waals surface area contributed by atoms with Gasteiger partial charge in [-0.25, -0.2) is 8.42 Å². The number of nitrogens with one attached hydrogen (secondary N) is 1. The molecule has 0 amide bonds. The molecule has 0 fully saturated rings. The van der Waals surface area contributed by atoms with Gasteiger partial charge in [-0.05, 0) is 37.9 Å². The van der Waals surface area contributed by atoms with Crippen molar-refractivity contribution in [2.75, 3.05) is 13.6 Å². The molecule has 0 aromatic carbocycles. The van der Waals surface area contributed by atoms with Gasteiger partial charge in [0.1, 0.15) is 4.21 Å². The zero-order valence-electron chi connectivity index (χ0n) is 10.7. The van der Waals surface area contributed by atoms with Crippen LogP contribution in [-0.4, -0.2) is 32.4 Å². The molecule has 0 atom stereocenters. The van der Waals surface area contributed by atoms with Crippen LogP contribution in [0, 0.1) is 0 Å². The lowest BCUT2D eigenvalue weighted by Gasteiger charge is -2.23. The van der Waals surface area contributed by atoms with E-state index in [0.29, 0.717) is 17.3 Å². The molecule has 4 nitrogen and oxygen atoms in total. The van der Waals surface area contributed by atoms with E-state index in [1.165, 1.54) is 15.6 Å². The third kappa shape index (κ3) is 3.28. The van der Waals surface area contributed by atoms with Gasteiger partial charge >= 0.3 is 0 Å². The predicted molar refractivity (Wildman–Crippen MR) is 71.8 cm³/mol. The predicted octanol–water partition coefficient (Wildman–Crippen LogP) is 1.89. The summed E-state index contributed by atoms with van der Waals surface area (Å²) in [6, 6.07) is 1.74. The van der Waals surface area contributed by atoms with E-state index in [0.717, 1.165) is 5.56 Å². The molecule has 1 aromatic rings. The Labute approximate surface area is 108 Å². The van der Waals surface area contributed by atoms with Crippen molar-refractivity contribution in [1.29, 1.82) is 0 Å². The highest BCUT2D eigenvalue weighted by atomic mass is 32.2. The zero-order valence-corrected chi connectivity index (χ0v) is 12.4. The van der Waals surface area contributed by atoms with Crippen molar-refractivity contribution in [2.45, 2.75) is 37.6 Å². The van der Waals surface area contributed by atoms with Crippen LogP contribution in [0.4, 0.5) is 0 Å². The van der Waals surface area contributed by atoms with Crippen LogP contribution in [0.25, 0.3) is 0 Å². The van der Waals surface area contributed by atoms with Crippen LogP contribution >= 0.6 is 11.3 Å². The van der Waals surface area contributed by atoms with Gasteiger partial charge in [0.2, 0.25) is 0 Å². The maximum atomic E-state index is 12.3. The molecular weight excluding hydrogens is 256 g/mol. The second-order valence-electron chi connectivity index (χ2n) is 4.11. The van der Waals surface area contributed by atoms with E-state index < -0.39 is 10.0 Å². The summed E-state index contributed by atoms with van der Waals surface area (Å²) >= 11 is 1.29. The molecule has 1 N–H and O–H groups in total. The lowest BCUT2D eigenvalue weighted by molar-refractivity contribution is 0.370. The summed E-state index contributed by atoms with van der Waals surface area (Å²) in [6.07, 6.45) is 0. The first-order valence-electron chi connectivity index (χ1n) is 5.67. The van der Waals surface area contributed by atoms with E-state index in [-0.39, 0.29) is 6.04 Å². The topological polar surface area (TPSA) is 49.4 Å². The lowest BCUT2D eigenvalue weighted by Crippen LogP contribution is -2.36. The molecule has 1 rings (SSSR count). The highest BCUT2D eigenvalue weighted by molar-refractivity contribution is 7.91. The van der Waals surface area contributed by atoms with Crippen molar-refractivity contribution < 1.29 is 8.42 Å². The fourth-order valence-electron chi connectivity index (χ4n) is 1.71. The summed E-state index contributed by atoms with van der Waals surface area (Å²) in [7, 11) is -1.48. The number of sulfonamides is 1. The summed E-state index contributed by atoms with van der Waals surface area (Å²) in [5.74, 6) is 0. The van der Waals surface area contributed by atoms with Crippen LogP contribution in [0.2, 0.25) is 0 Å². The molecule has 0 aliphatic carbocycles. The summed E-state index contributed by atoms with van der Waals surface area (Å²) in [4.78, 5) is 0. The normalized spacial score (nSPS) is 12.6. The molecule has 98 valence electrons. The van der Waals surface area contributed by atoms with Gasteiger partial charge < -0.3 is 5.32 Å². The van der Waals surface area contributed by atoms with Gasteiger partial charge in [0.05, 0.1) is 0 Å². The Morgan fingerprint density at radius 1 is 1.47 bits per heavy atom. The van der Waals surface area contributed by atoms with E-state index in [2.05, 4.69) is 5.32 Å². The Bertz CT molecular complexity index is 452. The maximum Gasteiger partial charge on any atom is 0.252 e. The first-order valence-corrected chi connectivity index (χ1v) is 7.99. The SMILES string of the molecule is CCN(C(C)C)S(=O)(=O)c1cc(CNC)cs1. The smallest absolute Gasteiger partial charge is 0.252 e. The third-order valence-corrected chi connectivity index (χ3v) is 6.08. The molecule has 0 saturated carbocycles. The van der Waals surface area contributed by atoms with E-state index >= 15 is 0 Å². The standard InChI is InChI=1S/C11H20N2O2S2/c1-5-13(9(2)3)17(14,15)11-6-10(7-12-4)8-16-11/h6,8-9,12H,5,7H2,1-4H3. The van der Waals surface area contributed by atoms with Crippen molar-refractivity contribution in [2.24, 2.45) is 0 Å². The van der Waals surface area contributed by atoms with Crippen molar-refractivity contribution in [3.05, 3.63) is 17.0 Å². The molecule has 0 bridgehead atoms. The Balaban J connectivity index is 3.03. The minimum Gasteiger partial charge on any atom is -0.316 e. The maximum absolute atomic E-state index is 12.3.